The van der Waals surface area contributed by atoms with Gasteiger partial charge in [0, 0.05) is 36.2 Å². The smallest absolute Gasteiger partial charge is 0.123 e. The van der Waals surface area contributed by atoms with Crippen molar-refractivity contribution in [2.75, 3.05) is 13.2 Å². The van der Waals surface area contributed by atoms with Crippen molar-refractivity contribution in [3.05, 3.63) is 24.0 Å². The van der Waals surface area contributed by atoms with E-state index < -0.39 is 0 Å². The van der Waals surface area contributed by atoms with Crippen LogP contribution in [0.4, 0.5) is 0 Å². The fourth-order valence-corrected chi connectivity index (χ4v) is 1.88. The molecule has 0 saturated carbocycles. The van der Waals surface area contributed by atoms with Gasteiger partial charge in [-0.1, -0.05) is 20.8 Å². The molecule has 3 heteroatoms. The minimum Gasteiger partial charge on any atom is -0.490 e. The van der Waals surface area contributed by atoms with Gasteiger partial charge in [-0.25, -0.2) is 0 Å². The van der Waals surface area contributed by atoms with E-state index in [1.807, 2.05) is 12.3 Å². The molecule has 0 spiro atoms. The summed E-state index contributed by atoms with van der Waals surface area (Å²) in [5.41, 5.74) is 1.14. The van der Waals surface area contributed by atoms with Gasteiger partial charge in [-0.15, -0.1) is 0 Å². The van der Waals surface area contributed by atoms with E-state index in [1.165, 1.54) is 0 Å². The maximum Gasteiger partial charge on any atom is 0.123 e. The van der Waals surface area contributed by atoms with Gasteiger partial charge in [0.2, 0.25) is 0 Å². The maximum absolute atomic E-state index is 5.97. The van der Waals surface area contributed by atoms with E-state index in [9.17, 15) is 0 Å². The summed E-state index contributed by atoms with van der Waals surface area (Å²) in [4.78, 5) is 4.40. The van der Waals surface area contributed by atoms with Gasteiger partial charge in [0.05, 0.1) is 13.2 Å². The van der Waals surface area contributed by atoms with E-state index >= 15 is 0 Å². The van der Waals surface area contributed by atoms with Crippen LogP contribution in [0.1, 0.15) is 39.3 Å². The number of hydrogen-bond donors (Lipinski definition) is 0. The average molecular weight is 235 g/mol. The first-order chi connectivity index (χ1) is 8.05. The topological polar surface area (TPSA) is 31.4 Å². The van der Waals surface area contributed by atoms with Gasteiger partial charge in [-0.2, -0.15) is 0 Å². The summed E-state index contributed by atoms with van der Waals surface area (Å²) in [6.07, 6.45) is 4.08. The van der Waals surface area contributed by atoms with Crippen LogP contribution in [-0.4, -0.2) is 24.3 Å². The Kier molecular flexibility index (Phi) is 3.67. The Morgan fingerprint density at radius 2 is 2.00 bits per heavy atom. The molecule has 0 atom stereocenters. The highest BCUT2D eigenvalue weighted by Gasteiger charge is 2.18. The Labute approximate surface area is 103 Å². The molecule has 94 valence electrons. The lowest BCUT2D eigenvalue weighted by atomic mass is 9.91. The molecule has 1 saturated heterocycles. The first kappa shape index (κ1) is 12.4. The molecule has 2 rings (SSSR count). The molecule has 1 aliphatic heterocycles. The lowest BCUT2D eigenvalue weighted by molar-refractivity contribution is 0.0255. The summed E-state index contributed by atoms with van der Waals surface area (Å²) < 4.78 is 11.3. The van der Waals surface area contributed by atoms with Crippen LogP contribution < -0.4 is 4.74 Å². The normalized spacial score (nSPS) is 18.1. The second-order valence-electron chi connectivity index (χ2n) is 5.56. The SMILES string of the molecule is CC(C)(C)c1cc(OC2CCOCC2)ccn1. The lowest BCUT2D eigenvalue weighted by Crippen LogP contribution is -2.26. The van der Waals surface area contributed by atoms with Crippen LogP contribution in [0.5, 0.6) is 5.75 Å². The Bertz CT molecular complexity index is 365. The first-order valence-corrected chi connectivity index (χ1v) is 6.26. The van der Waals surface area contributed by atoms with Crippen LogP contribution >= 0.6 is 0 Å². The quantitative estimate of drug-likeness (QED) is 0.789. The molecule has 0 unspecified atom stereocenters. The van der Waals surface area contributed by atoms with Crippen molar-refractivity contribution in [1.29, 1.82) is 0 Å². The van der Waals surface area contributed by atoms with Crippen LogP contribution in [0.15, 0.2) is 18.3 Å². The summed E-state index contributed by atoms with van der Waals surface area (Å²) in [5.74, 6) is 0.928. The fourth-order valence-electron chi connectivity index (χ4n) is 1.88. The zero-order valence-corrected chi connectivity index (χ0v) is 10.9. The van der Waals surface area contributed by atoms with Gasteiger partial charge in [0.15, 0.2) is 0 Å². The molecule has 3 nitrogen and oxygen atoms in total. The molecule has 1 fully saturated rings. The molecular formula is C14H21NO2. The number of nitrogens with zero attached hydrogens (tertiary/aromatic N) is 1. The van der Waals surface area contributed by atoms with Crippen LogP contribution in [0.3, 0.4) is 0 Å². The van der Waals surface area contributed by atoms with Crippen molar-refractivity contribution in [2.24, 2.45) is 0 Å². The number of pyridine rings is 1. The third-order valence-electron chi connectivity index (χ3n) is 2.97. The second-order valence-corrected chi connectivity index (χ2v) is 5.56. The highest BCUT2D eigenvalue weighted by molar-refractivity contribution is 5.26. The van der Waals surface area contributed by atoms with Gasteiger partial charge >= 0.3 is 0 Å². The number of ether oxygens (including phenoxy) is 2. The van der Waals surface area contributed by atoms with E-state index in [4.69, 9.17) is 9.47 Å². The minimum absolute atomic E-state index is 0.0645. The van der Waals surface area contributed by atoms with Crippen molar-refractivity contribution in [2.45, 2.75) is 45.1 Å². The highest BCUT2D eigenvalue weighted by atomic mass is 16.5. The zero-order valence-electron chi connectivity index (χ0n) is 10.9. The van der Waals surface area contributed by atoms with E-state index in [0.29, 0.717) is 6.10 Å². The molecule has 1 aromatic rings. The molecular weight excluding hydrogens is 214 g/mol. The van der Waals surface area contributed by atoms with Crippen LogP contribution in [0.25, 0.3) is 0 Å². The molecule has 1 aromatic heterocycles. The summed E-state index contributed by atoms with van der Waals surface area (Å²) in [6, 6.07) is 3.99. The molecule has 0 bridgehead atoms. The summed E-state index contributed by atoms with van der Waals surface area (Å²) in [5, 5.41) is 0. The van der Waals surface area contributed by atoms with Gasteiger partial charge < -0.3 is 9.47 Å². The average Bonchev–Trinajstić information content (AvgIpc) is 2.29. The van der Waals surface area contributed by atoms with Gasteiger partial charge in [0.25, 0.3) is 0 Å². The van der Waals surface area contributed by atoms with Gasteiger partial charge in [-0.3, -0.25) is 4.98 Å². The van der Waals surface area contributed by atoms with E-state index in [-0.39, 0.29) is 5.41 Å². The van der Waals surface area contributed by atoms with Crippen LogP contribution in [0, 0.1) is 0 Å². The molecule has 0 aromatic carbocycles. The van der Waals surface area contributed by atoms with E-state index in [2.05, 4.69) is 31.8 Å². The summed E-state index contributed by atoms with van der Waals surface area (Å²) >= 11 is 0. The first-order valence-electron chi connectivity index (χ1n) is 6.26. The Hall–Kier alpha value is -1.09. The molecule has 0 amide bonds. The number of hydrogen-bond acceptors (Lipinski definition) is 3. The summed E-state index contributed by atoms with van der Waals surface area (Å²) in [6.45, 7) is 8.10. The molecule has 0 N–H and O–H groups in total. The molecule has 1 aliphatic rings. The van der Waals surface area contributed by atoms with Crippen LogP contribution in [0.2, 0.25) is 0 Å². The van der Waals surface area contributed by atoms with E-state index in [0.717, 1.165) is 37.5 Å². The third-order valence-corrected chi connectivity index (χ3v) is 2.97. The maximum atomic E-state index is 5.97. The Balaban J connectivity index is 2.05. The van der Waals surface area contributed by atoms with Crippen molar-refractivity contribution in [3.8, 4) is 5.75 Å². The standard InChI is InChI=1S/C14H21NO2/c1-14(2,3)13-10-12(4-7-15-13)17-11-5-8-16-9-6-11/h4,7,10-11H,5-6,8-9H2,1-3H3. The molecule has 17 heavy (non-hydrogen) atoms. The molecule has 2 heterocycles. The van der Waals surface area contributed by atoms with Crippen molar-refractivity contribution >= 4 is 0 Å². The highest BCUT2D eigenvalue weighted by Crippen LogP contribution is 2.25. The third kappa shape index (κ3) is 3.43. The van der Waals surface area contributed by atoms with Crippen molar-refractivity contribution in [3.63, 3.8) is 0 Å². The van der Waals surface area contributed by atoms with Gasteiger partial charge in [0.1, 0.15) is 11.9 Å². The monoisotopic (exact) mass is 235 g/mol. The number of aromatic nitrogens is 1. The predicted molar refractivity (Wildman–Crippen MR) is 67.4 cm³/mol. The Morgan fingerprint density at radius 3 is 2.65 bits per heavy atom. The predicted octanol–water partition coefficient (Wildman–Crippen LogP) is 2.94. The molecule has 0 radical (unpaired) electrons. The second kappa shape index (κ2) is 5.05. The van der Waals surface area contributed by atoms with Crippen molar-refractivity contribution in [1.82, 2.24) is 4.98 Å². The van der Waals surface area contributed by atoms with Crippen molar-refractivity contribution < 1.29 is 9.47 Å². The lowest BCUT2D eigenvalue weighted by Gasteiger charge is -2.24. The number of rotatable bonds is 2. The molecule has 0 aliphatic carbocycles. The van der Waals surface area contributed by atoms with Crippen LogP contribution in [-0.2, 0) is 10.2 Å². The zero-order chi connectivity index (χ0) is 12.3. The minimum atomic E-state index is 0.0645. The summed E-state index contributed by atoms with van der Waals surface area (Å²) in [7, 11) is 0. The fraction of sp³-hybridized carbons (Fsp3) is 0.643. The largest absolute Gasteiger partial charge is 0.490 e. The Morgan fingerprint density at radius 1 is 1.29 bits per heavy atom. The van der Waals surface area contributed by atoms with E-state index in [1.54, 1.807) is 0 Å². The van der Waals surface area contributed by atoms with Gasteiger partial charge in [-0.05, 0) is 6.07 Å².